The number of hydrogen-bond acceptors (Lipinski definition) is 4. The molecule has 9 heteroatoms. The molecule has 0 bridgehead atoms. The van der Waals surface area contributed by atoms with Crippen molar-refractivity contribution in [1.29, 1.82) is 0 Å². The fourth-order valence-electron chi connectivity index (χ4n) is 4.06. The van der Waals surface area contributed by atoms with E-state index in [9.17, 15) is 9.18 Å². The molecule has 0 spiro atoms. The maximum atomic E-state index is 14.4. The first-order valence-electron chi connectivity index (χ1n) is 10.2. The fraction of sp³-hybridized carbons (Fsp3) is 0.217. The smallest absolute Gasteiger partial charge is 0.274 e. The first kappa shape index (κ1) is 19.9. The number of hydrogen-bond donors (Lipinski definition) is 1. The maximum Gasteiger partial charge on any atom is 0.274 e. The highest BCUT2D eigenvalue weighted by Gasteiger charge is 2.27. The number of fused-ring (bicyclic) bond motifs is 1. The Morgan fingerprint density at radius 1 is 1.28 bits per heavy atom. The summed E-state index contributed by atoms with van der Waals surface area (Å²) in [6, 6.07) is 10.1. The van der Waals surface area contributed by atoms with Crippen LogP contribution in [0.3, 0.4) is 0 Å². The third kappa shape index (κ3) is 3.31. The molecule has 0 saturated carbocycles. The molecule has 8 nitrogen and oxygen atoms in total. The first-order valence-corrected chi connectivity index (χ1v) is 10.2. The summed E-state index contributed by atoms with van der Waals surface area (Å²) in [4.78, 5) is 22.5. The van der Waals surface area contributed by atoms with Crippen LogP contribution in [0.5, 0.6) is 0 Å². The van der Waals surface area contributed by atoms with Gasteiger partial charge in [0.05, 0.1) is 18.3 Å². The van der Waals surface area contributed by atoms with Crippen molar-refractivity contribution in [1.82, 2.24) is 24.2 Å². The molecule has 1 saturated heterocycles. The van der Waals surface area contributed by atoms with Crippen LogP contribution in [0.25, 0.3) is 32.8 Å². The van der Waals surface area contributed by atoms with E-state index in [0.29, 0.717) is 24.5 Å². The zero-order chi connectivity index (χ0) is 22.4. The number of aryl methyl sites for hydroxylation is 1. The Labute approximate surface area is 183 Å². The zero-order valence-corrected chi connectivity index (χ0v) is 17.4. The van der Waals surface area contributed by atoms with Crippen LogP contribution in [0, 0.1) is 12.4 Å². The van der Waals surface area contributed by atoms with Gasteiger partial charge in [-0.25, -0.2) is 14.2 Å². The molecule has 2 aromatic carbocycles. The summed E-state index contributed by atoms with van der Waals surface area (Å²) < 4.78 is 17.9. The average molecular weight is 429 g/mol. The van der Waals surface area contributed by atoms with E-state index < -0.39 is 5.82 Å². The highest BCUT2D eigenvalue weighted by atomic mass is 19.1. The lowest BCUT2D eigenvalue weighted by molar-refractivity contribution is 0.0785. The maximum absolute atomic E-state index is 14.4. The number of amides is 1. The molecule has 1 aliphatic rings. The summed E-state index contributed by atoms with van der Waals surface area (Å²) in [5, 5.41) is 5.20. The Kier molecular flexibility index (Phi) is 4.72. The number of nitrogens with two attached hydrogens (primary N) is 1. The van der Waals surface area contributed by atoms with Gasteiger partial charge in [-0.05, 0) is 30.7 Å². The van der Waals surface area contributed by atoms with E-state index in [0.717, 1.165) is 23.0 Å². The Hall–Kier alpha value is -4.03. The van der Waals surface area contributed by atoms with E-state index in [2.05, 4.69) is 14.9 Å². The summed E-state index contributed by atoms with van der Waals surface area (Å²) in [5.74, 6) is -0.428. The van der Waals surface area contributed by atoms with Gasteiger partial charge >= 0.3 is 0 Å². The molecule has 5 rings (SSSR count). The third-order valence-corrected chi connectivity index (χ3v) is 5.77. The quantitative estimate of drug-likeness (QED) is 0.507. The van der Waals surface area contributed by atoms with Crippen LogP contribution in [0.1, 0.15) is 16.9 Å². The number of nitrogens with zero attached hydrogens (tertiary/aromatic N) is 6. The second kappa shape index (κ2) is 7.59. The molecule has 0 radical (unpaired) electrons. The number of carbonyl (C=O) groups is 1. The van der Waals surface area contributed by atoms with Crippen molar-refractivity contribution in [3.05, 3.63) is 71.7 Å². The fourth-order valence-corrected chi connectivity index (χ4v) is 4.06. The van der Waals surface area contributed by atoms with Crippen LogP contribution in [0.2, 0.25) is 0 Å². The number of imidazole rings is 1. The number of aromatic nitrogens is 4. The van der Waals surface area contributed by atoms with Gasteiger partial charge < -0.3 is 10.6 Å². The van der Waals surface area contributed by atoms with Crippen molar-refractivity contribution in [3.63, 3.8) is 0 Å². The van der Waals surface area contributed by atoms with Crippen LogP contribution in [0.15, 0.2) is 48.8 Å². The molecule has 0 aliphatic carbocycles. The lowest BCUT2D eigenvalue weighted by Gasteiger charge is -2.13. The number of likely N-dealkylation sites (tertiary alicyclic amines) is 1. The molecule has 1 amide bonds. The van der Waals surface area contributed by atoms with Crippen molar-refractivity contribution in [3.8, 4) is 17.1 Å². The highest BCUT2D eigenvalue weighted by Crippen LogP contribution is 2.29. The molecule has 4 aromatic rings. The van der Waals surface area contributed by atoms with Gasteiger partial charge in [-0.3, -0.25) is 14.0 Å². The Morgan fingerprint density at radius 2 is 2.12 bits per heavy atom. The van der Waals surface area contributed by atoms with Gasteiger partial charge in [0.25, 0.3) is 5.91 Å². The van der Waals surface area contributed by atoms with Gasteiger partial charge in [-0.2, -0.15) is 5.10 Å². The van der Waals surface area contributed by atoms with Crippen LogP contribution >= 0.6 is 0 Å². The van der Waals surface area contributed by atoms with E-state index in [1.165, 1.54) is 12.1 Å². The second-order valence-electron chi connectivity index (χ2n) is 7.91. The Morgan fingerprint density at radius 3 is 2.84 bits per heavy atom. The topological polar surface area (TPSA) is 86.3 Å². The van der Waals surface area contributed by atoms with Gasteiger partial charge in [0.15, 0.2) is 0 Å². The highest BCUT2D eigenvalue weighted by molar-refractivity contribution is 5.93. The molecule has 2 N–H and O–H groups in total. The van der Waals surface area contributed by atoms with Gasteiger partial charge in [0.2, 0.25) is 5.69 Å². The summed E-state index contributed by atoms with van der Waals surface area (Å²) >= 11 is 0. The van der Waals surface area contributed by atoms with Crippen LogP contribution in [-0.2, 0) is 7.05 Å². The number of rotatable bonds is 3. The van der Waals surface area contributed by atoms with Crippen molar-refractivity contribution in [2.24, 2.45) is 12.8 Å². The Balaban J connectivity index is 1.64. The van der Waals surface area contributed by atoms with Crippen LogP contribution < -0.4 is 5.73 Å². The monoisotopic (exact) mass is 429 g/mol. The largest absolute Gasteiger partial charge is 0.336 e. The second-order valence-corrected chi connectivity index (χ2v) is 7.91. The predicted octanol–water partition coefficient (Wildman–Crippen LogP) is 3.29. The van der Waals surface area contributed by atoms with Crippen LogP contribution in [-0.4, -0.2) is 49.3 Å². The number of benzene rings is 2. The lowest BCUT2D eigenvalue weighted by Crippen LogP contribution is -2.32. The minimum Gasteiger partial charge on any atom is -0.336 e. The van der Waals surface area contributed by atoms with E-state index in [4.69, 9.17) is 12.3 Å². The van der Waals surface area contributed by atoms with E-state index in [1.54, 1.807) is 32.6 Å². The van der Waals surface area contributed by atoms with Gasteiger partial charge in [0, 0.05) is 49.0 Å². The molecule has 32 heavy (non-hydrogen) atoms. The van der Waals surface area contributed by atoms with Crippen LogP contribution in [0.4, 0.5) is 10.1 Å². The molecular weight excluding hydrogens is 409 g/mol. The van der Waals surface area contributed by atoms with E-state index >= 15 is 0 Å². The molecule has 3 heterocycles. The van der Waals surface area contributed by atoms with Crippen molar-refractivity contribution in [2.45, 2.75) is 12.5 Å². The van der Waals surface area contributed by atoms with Gasteiger partial charge in [0.1, 0.15) is 17.3 Å². The van der Waals surface area contributed by atoms with Crippen molar-refractivity contribution < 1.29 is 9.18 Å². The molecule has 0 unspecified atom stereocenters. The first-order chi connectivity index (χ1) is 15.4. The van der Waals surface area contributed by atoms with Gasteiger partial charge in [-0.1, -0.05) is 12.1 Å². The molecule has 2 aromatic heterocycles. The number of carbonyl (C=O) groups excluding carboxylic acids is 1. The number of halogens is 1. The molecule has 160 valence electrons. The van der Waals surface area contributed by atoms with E-state index in [-0.39, 0.29) is 23.3 Å². The summed E-state index contributed by atoms with van der Waals surface area (Å²) in [6.45, 7) is 8.15. The zero-order valence-electron chi connectivity index (χ0n) is 17.4. The summed E-state index contributed by atoms with van der Waals surface area (Å²) in [5.41, 5.74) is 8.36. The third-order valence-electron chi connectivity index (χ3n) is 5.77. The minimum atomic E-state index is -0.631. The average Bonchev–Trinajstić information content (AvgIpc) is 3.52. The normalized spacial score (nSPS) is 15.9. The van der Waals surface area contributed by atoms with Crippen molar-refractivity contribution >= 4 is 22.5 Å². The lowest BCUT2D eigenvalue weighted by atomic mass is 10.1. The molecule has 1 atom stereocenters. The summed E-state index contributed by atoms with van der Waals surface area (Å²) in [6.07, 6.45) is 4.18. The predicted molar refractivity (Wildman–Crippen MR) is 118 cm³/mol. The SMILES string of the molecule is [C-]#[N+]c1ccc(-c2nc(C(=O)N3CC[C@H](N)C3)cn2-c2ccc3c(cnn3C)c2)cc1F. The Bertz CT molecular complexity index is 1400. The van der Waals surface area contributed by atoms with Crippen molar-refractivity contribution in [2.75, 3.05) is 13.1 Å². The minimum absolute atomic E-state index is 0.0382. The molecule has 1 fully saturated rings. The summed E-state index contributed by atoms with van der Waals surface area (Å²) in [7, 11) is 1.86. The molecule has 1 aliphatic heterocycles. The van der Waals surface area contributed by atoms with E-state index in [1.807, 2.05) is 25.2 Å². The van der Waals surface area contributed by atoms with Gasteiger partial charge in [-0.15, -0.1) is 0 Å². The standard InChI is InChI=1S/C23H20FN7O/c1-26-19-5-3-14(10-18(19)24)22-28-20(23(32)30-8-7-16(25)12-30)13-31(22)17-4-6-21-15(9-17)11-27-29(21)2/h3-6,9-11,13,16H,7-8,12,25H2,2H3/t16-/m0/s1. The molecular formula is C23H20FN7O.